The Morgan fingerprint density at radius 2 is 1.50 bits per heavy atom. The average Bonchev–Trinajstić information content (AvgIpc) is 3.26. The van der Waals surface area contributed by atoms with Gasteiger partial charge in [0, 0.05) is 13.2 Å². The van der Waals surface area contributed by atoms with Gasteiger partial charge in [0.1, 0.15) is 8.80 Å². The summed E-state index contributed by atoms with van der Waals surface area (Å²) in [5.41, 5.74) is 0. The Morgan fingerprint density at radius 3 is 2.00 bits per heavy atom. The Morgan fingerprint density at radius 1 is 0.885 bits per heavy atom. The van der Waals surface area contributed by atoms with Crippen molar-refractivity contribution in [2.45, 2.75) is 31.7 Å². The smallest absolute Gasteiger partial charge is 0.129 e. The average molecular weight is 362 g/mol. The highest BCUT2D eigenvalue weighted by Gasteiger charge is 2.37. The minimum absolute atomic E-state index is 0.140. The van der Waals surface area contributed by atoms with Crippen LogP contribution in [0.15, 0.2) is 72.8 Å². The Labute approximate surface area is 159 Å². The molecule has 135 valence electrons. The van der Waals surface area contributed by atoms with E-state index in [1.54, 1.807) is 0 Å². The molecular formula is C24H29OSi. The van der Waals surface area contributed by atoms with E-state index >= 15 is 0 Å². The topological polar surface area (TPSA) is 9.23 Å². The van der Waals surface area contributed by atoms with Crippen LogP contribution in [0.4, 0.5) is 0 Å². The maximum atomic E-state index is 6.35. The molecule has 3 atom stereocenters. The standard InChI is InChI=1S/C24H29OSi/c1-24(2,18-25-17-21-16-19-13-14-20(21)15-19)26(22-9-5-3-6-10-22)23-11-7-4-8-12-23/h3-14,19-21H,15-18H2,1-2H3. The summed E-state index contributed by atoms with van der Waals surface area (Å²) in [4.78, 5) is 0. The molecule has 0 spiro atoms. The van der Waals surface area contributed by atoms with Gasteiger partial charge < -0.3 is 4.74 Å². The number of hydrogen-bond donors (Lipinski definition) is 0. The quantitative estimate of drug-likeness (QED) is 0.528. The minimum atomic E-state index is -0.920. The lowest BCUT2D eigenvalue weighted by Crippen LogP contribution is -2.51. The lowest BCUT2D eigenvalue weighted by Gasteiger charge is -2.34. The Hall–Kier alpha value is -1.64. The van der Waals surface area contributed by atoms with Crippen LogP contribution >= 0.6 is 0 Å². The number of fused-ring (bicyclic) bond motifs is 2. The maximum Gasteiger partial charge on any atom is 0.129 e. The van der Waals surface area contributed by atoms with Gasteiger partial charge in [0.2, 0.25) is 0 Å². The number of allylic oxidation sites excluding steroid dienone is 2. The fraction of sp³-hybridized carbons (Fsp3) is 0.417. The predicted octanol–water partition coefficient (Wildman–Crippen LogP) is 4.30. The molecule has 26 heavy (non-hydrogen) atoms. The van der Waals surface area contributed by atoms with Crippen molar-refractivity contribution in [1.82, 2.24) is 0 Å². The molecule has 3 unspecified atom stereocenters. The normalized spacial score (nSPS) is 24.5. The van der Waals surface area contributed by atoms with Gasteiger partial charge in [0.15, 0.2) is 0 Å². The van der Waals surface area contributed by atoms with Crippen molar-refractivity contribution in [1.29, 1.82) is 0 Å². The Bertz CT molecular complexity index is 698. The van der Waals surface area contributed by atoms with E-state index in [1.807, 2.05) is 0 Å². The molecule has 2 aliphatic carbocycles. The van der Waals surface area contributed by atoms with Crippen molar-refractivity contribution in [2.75, 3.05) is 13.2 Å². The summed E-state index contributed by atoms with van der Waals surface area (Å²) in [6.45, 7) is 6.54. The molecule has 2 bridgehead atoms. The van der Waals surface area contributed by atoms with E-state index in [1.165, 1.54) is 23.2 Å². The molecule has 0 saturated heterocycles. The largest absolute Gasteiger partial charge is 0.381 e. The zero-order valence-electron chi connectivity index (χ0n) is 15.9. The van der Waals surface area contributed by atoms with Crippen LogP contribution in [0.1, 0.15) is 26.7 Å². The summed E-state index contributed by atoms with van der Waals surface area (Å²) in [7, 11) is -0.920. The third-order valence-corrected chi connectivity index (χ3v) is 9.33. The van der Waals surface area contributed by atoms with Crippen molar-refractivity contribution in [3.8, 4) is 0 Å². The molecule has 1 saturated carbocycles. The molecule has 1 nitrogen and oxygen atoms in total. The summed E-state index contributed by atoms with van der Waals surface area (Å²) in [5, 5.41) is 3.08. The third kappa shape index (κ3) is 3.72. The number of rotatable bonds is 7. The van der Waals surface area contributed by atoms with Crippen LogP contribution in [0, 0.1) is 17.8 Å². The van der Waals surface area contributed by atoms with E-state index in [4.69, 9.17) is 4.74 Å². The second-order valence-corrected chi connectivity index (χ2v) is 11.8. The predicted molar refractivity (Wildman–Crippen MR) is 112 cm³/mol. The molecule has 2 aromatic carbocycles. The van der Waals surface area contributed by atoms with E-state index in [0.717, 1.165) is 31.0 Å². The van der Waals surface area contributed by atoms with Gasteiger partial charge in [0.05, 0.1) is 0 Å². The molecule has 1 fully saturated rings. The molecule has 0 N–H and O–H groups in total. The van der Waals surface area contributed by atoms with E-state index in [-0.39, 0.29) is 5.04 Å². The third-order valence-electron chi connectivity index (χ3n) is 6.01. The number of hydrogen-bond acceptors (Lipinski definition) is 1. The highest BCUT2D eigenvalue weighted by molar-refractivity contribution is 6.87. The SMILES string of the molecule is CC(C)(COCC1CC2C=CC1C2)[Si](c1ccccc1)c1ccccc1. The first-order valence-electron chi connectivity index (χ1n) is 9.88. The van der Waals surface area contributed by atoms with Crippen molar-refractivity contribution >= 4 is 19.2 Å². The lowest BCUT2D eigenvalue weighted by molar-refractivity contribution is 0.0754. The maximum absolute atomic E-state index is 6.35. The Balaban J connectivity index is 1.47. The molecule has 2 aromatic rings. The van der Waals surface area contributed by atoms with E-state index in [2.05, 4.69) is 86.7 Å². The molecule has 2 heteroatoms. The first-order chi connectivity index (χ1) is 12.6. The monoisotopic (exact) mass is 361 g/mol. The van der Waals surface area contributed by atoms with Crippen LogP contribution in [0.5, 0.6) is 0 Å². The second kappa shape index (κ2) is 7.54. The van der Waals surface area contributed by atoms with Crippen molar-refractivity contribution in [3.63, 3.8) is 0 Å². The van der Waals surface area contributed by atoms with Gasteiger partial charge in [-0.2, -0.15) is 0 Å². The van der Waals surface area contributed by atoms with E-state index in [0.29, 0.717) is 0 Å². The van der Waals surface area contributed by atoms with Crippen molar-refractivity contribution < 1.29 is 4.74 Å². The summed E-state index contributed by atoms with van der Waals surface area (Å²) in [5.74, 6) is 2.34. The van der Waals surface area contributed by atoms with Crippen molar-refractivity contribution in [3.05, 3.63) is 72.8 Å². The van der Waals surface area contributed by atoms with Crippen LogP contribution in [0.3, 0.4) is 0 Å². The summed E-state index contributed by atoms with van der Waals surface area (Å²) >= 11 is 0. The zero-order chi connectivity index (χ0) is 18.0. The van der Waals surface area contributed by atoms with Gasteiger partial charge in [-0.3, -0.25) is 0 Å². The van der Waals surface area contributed by atoms with Gasteiger partial charge in [-0.25, -0.2) is 0 Å². The van der Waals surface area contributed by atoms with Gasteiger partial charge in [0.25, 0.3) is 0 Å². The van der Waals surface area contributed by atoms with Crippen LogP contribution < -0.4 is 10.4 Å². The molecular weight excluding hydrogens is 332 g/mol. The van der Waals surface area contributed by atoms with Crippen molar-refractivity contribution in [2.24, 2.45) is 17.8 Å². The fourth-order valence-electron chi connectivity index (χ4n) is 4.78. The molecule has 0 aliphatic heterocycles. The first-order valence-corrected chi connectivity index (χ1v) is 11.4. The van der Waals surface area contributed by atoms with Gasteiger partial charge in [-0.05, 0) is 35.6 Å². The summed E-state index contributed by atoms with van der Waals surface area (Å²) in [6, 6.07) is 22.1. The van der Waals surface area contributed by atoms with Crippen LogP contribution in [0.2, 0.25) is 5.04 Å². The molecule has 1 radical (unpaired) electrons. The molecule has 0 heterocycles. The lowest BCUT2D eigenvalue weighted by atomic mass is 9.95. The van der Waals surface area contributed by atoms with Crippen LogP contribution in [0.25, 0.3) is 0 Å². The van der Waals surface area contributed by atoms with Gasteiger partial charge >= 0.3 is 0 Å². The van der Waals surface area contributed by atoms with Crippen LogP contribution in [-0.2, 0) is 4.74 Å². The Kier molecular flexibility index (Phi) is 5.15. The highest BCUT2D eigenvalue weighted by Crippen LogP contribution is 2.43. The summed E-state index contributed by atoms with van der Waals surface area (Å²) < 4.78 is 6.35. The first kappa shape index (κ1) is 17.8. The zero-order valence-corrected chi connectivity index (χ0v) is 16.9. The van der Waals surface area contributed by atoms with Gasteiger partial charge in [-0.1, -0.05) is 97.0 Å². The molecule has 0 amide bonds. The van der Waals surface area contributed by atoms with E-state index < -0.39 is 8.80 Å². The second-order valence-electron chi connectivity index (χ2n) is 8.55. The fourth-order valence-corrected chi connectivity index (χ4v) is 7.98. The number of ether oxygens (including phenoxy) is 1. The summed E-state index contributed by atoms with van der Waals surface area (Å²) in [6.07, 6.45) is 7.53. The number of benzene rings is 2. The van der Waals surface area contributed by atoms with E-state index in [9.17, 15) is 0 Å². The minimum Gasteiger partial charge on any atom is -0.381 e. The molecule has 4 rings (SSSR count). The highest BCUT2D eigenvalue weighted by atomic mass is 28.3. The van der Waals surface area contributed by atoms with Gasteiger partial charge in [-0.15, -0.1) is 0 Å². The molecule has 0 aromatic heterocycles. The molecule has 2 aliphatic rings. The van der Waals surface area contributed by atoms with Crippen LogP contribution in [-0.4, -0.2) is 22.0 Å².